The summed E-state index contributed by atoms with van der Waals surface area (Å²) in [5, 5.41) is 3.20. The number of ether oxygens (including phenoxy) is 1. The highest BCUT2D eigenvalue weighted by Crippen LogP contribution is 2.38. The Kier molecular flexibility index (Phi) is 6.74. The summed E-state index contributed by atoms with van der Waals surface area (Å²) in [4.78, 5) is 5.53. The van der Waals surface area contributed by atoms with Crippen LogP contribution < -0.4 is 9.64 Å². The zero-order chi connectivity index (χ0) is 22.6. The Morgan fingerprint density at radius 1 is 1.23 bits per heavy atom. The lowest BCUT2D eigenvalue weighted by molar-refractivity contribution is -0.141. The summed E-state index contributed by atoms with van der Waals surface area (Å²) in [6, 6.07) is 8.50. The fraction of sp³-hybridized carbons (Fsp3) is 0.391. The molecule has 2 aromatic carbocycles. The summed E-state index contributed by atoms with van der Waals surface area (Å²) in [5.74, 6) is 0.527. The first kappa shape index (κ1) is 22.5. The van der Waals surface area contributed by atoms with Crippen molar-refractivity contribution in [1.29, 1.82) is 0 Å². The van der Waals surface area contributed by atoms with Crippen molar-refractivity contribution in [3.05, 3.63) is 58.6 Å². The van der Waals surface area contributed by atoms with Crippen LogP contribution in [0.1, 0.15) is 36.6 Å². The quantitative estimate of drug-likeness (QED) is 0.299. The van der Waals surface area contributed by atoms with Gasteiger partial charge in [0.15, 0.2) is 17.0 Å². The van der Waals surface area contributed by atoms with Crippen LogP contribution in [0.15, 0.2) is 34.9 Å². The summed E-state index contributed by atoms with van der Waals surface area (Å²) >= 11 is 0. The second kappa shape index (κ2) is 9.29. The fourth-order valence-electron chi connectivity index (χ4n) is 3.61. The van der Waals surface area contributed by atoms with Crippen LogP contribution in [0.2, 0.25) is 0 Å². The molecule has 0 fully saturated rings. The monoisotopic (exact) mass is 431 g/mol. The summed E-state index contributed by atoms with van der Waals surface area (Å²) in [6.45, 7) is 12.1. The average Bonchev–Trinajstić information content (AvgIpc) is 3.17. The lowest BCUT2D eigenvalue weighted by Crippen LogP contribution is -2.21. The lowest BCUT2D eigenvalue weighted by Gasteiger charge is -2.22. The Bertz CT molecular complexity index is 1100. The highest BCUT2D eigenvalue weighted by molar-refractivity contribution is 5.85. The van der Waals surface area contributed by atoms with Crippen LogP contribution >= 0.6 is 0 Å². The molecule has 0 unspecified atom stereocenters. The molecule has 0 saturated carbocycles. The number of aryl methyl sites for hydroxylation is 2. The van der Waals surface area contributed by atoms with E-state index in [9.17, 15) is 13.2 Å². The standard InChI is InChI=1S/C23H24F3N3O2/c1-5-7-17-20(11-9-18-21(17)31-28-22(18)23(24,25)26)30-13-6-12-29(4)19-10-8-16(27-3)14-15(19)2/h8-11,14H,5-7,12-13H2,1-2,4H3. The van der Waals surface area contributed by atoms with Crippen LogP contribution in [-0.2, 0) is 12.6 Å². The number of rotatable bonds is 8. The van der Waals surface area contributed by atoms with Gasteiger partial charge < -0.3 is 14.2 Å². The number of hydrogen-bond donors (Lipinski definition) is 0. The van der Waals surface area contributed by atoms with Crippen LogP contribution in [0.5, 0.6) is 5.75 Å². The highest BCUT2D eigenvalue weighted by atomic mass is 19.4. The Labute approximate surface area is 179 Å². The van der Waals surface area contributed by atoms with E-state index < -0.39 is 11.9 Å². The van der Waals surface area contributed by atoms with E-state index in [-0.39, 0.29) is 11.0 Å². The molecule has 1 aromatic heterocycles. The number of hydrogen-bond acceptors (Lipinski definition) is 4. The maximum absolute atomic E-state index is 13.1. The molecular formula is C23H24F3N3O2. The first-order valence-electron chi connectivity index (χ1n) is 10.1. The third-order valence-corrected chi connectivity index (χ3v) is 5.09. The number of halogens is 3. The van der Waals surface area contributed by atoms with Crippen molar-refractivity contribution in [2.24, 2.45) is 0 Å². The number of fused-ring (bicyclic) bond motifs is 1. The van der Waals surface area contributed by atoms with Gasteiger partial charge in [0.1, 0.15) is 5.75 Å². The minimum atomic E-state index is -4.56. The van der Waals surface area contributed by atoms with Gasteiger partial charge in [-0.05, 0) is 43.5 Å². The lowest BCUT2D eigenvalue weighted by atomic mass is 10.0. The summed E-state index contributed by atoms with van der Waals surface area (Å²) in [6.07, 6.45) is -2.58. The summed E-state index contributed by atoms with van der Waals surface area (Å²) < 4.78 is 50.4. The topological polar surface area (TPSA) is 42.9 Å². The highest BCUT2D eigenvalue weighted by Gasteiger charge is 2.37. The number of aromatic nitrogens is 1. The first-order chi connectivity index (χ1) is 14.8. The van der Waals surface area contributed by atoms with Gasteiger partial charge in [-0.2, -0.15) is 13.2 Å². The van der Waals surface area contributed by atoms with Gasteiger partial charge in [0.2, 0.25) is 0 Å². The molecule has 1 heterocycles. The SMILES string of the molecule is [C-]#[N+]c1ccc(N(C)CCCOc2ccc3c(C(F)(F)F)noc3c2CCC)c(C)c1. The van der Waals surface area contributed by atoms with E-state index in [2.05, 4.69) is 14.9 Å². The molecule has 3 rings (SSSR count). The predicted octanol–water partition coefficient (Wildman–Crippen LogP) is 6.56. The van der Waals surface area contributed by atoms with Crippen molar-refractivity contribution < 1.29 is 22.4 Å². The zero-order valence-electron chi connectivity index (χ0n) is 17.7. The molecule has 8 heteroatoms. The maximum atomic E-state index is 13.1. The van der Waals surface area contributed by atoms with Crippen LogP contribution in [0.25, 0.3) is 15.8 Å². The van der Waals surface area contributed by atoms with E-state index in [0.717, 1.165) is 24.2 Å². The zero-order valence-corrected chi connectivity index (χ0v) is 17.7. The van der Waals surface area contributed by atoms with E-state index in [1.807, 2.05) is 33.0 Å². The van der Waals surface area contributed by atoms with Crippen molar-refractivity contribution in [2.45, 2.75) is 39.3 Å². The molecule has 0 spiro atoms. The second-order valence-electron chi connectivity index (χ2n) is 7.40. The molecule has 3 aromatic rings. The van der Waals surface area contributed by atoms with Crippen molar-refractivity contribution in [1.82, 2.24) is 5.16 Å². The molecule has 0 aliphatic heterocycles. The number of benzene rings is 2. The van der Waals surface area contributed by atoms with E-state index in [1.54, 1.807) is 12.1 Å². The molecule has 0 radical (unpaired) electrons. The predicted molar refractivity (Wildman–Crippen MR) is 114 cm³/mol. The maximum Gasteiger partial charge on any atom is 0.437 e. The molecule has 0 aliphatic rings. The van der Waals surface area contributed by atoms with Crippen molar-refractivity contribution >= 4 is 22.3 Å². The van der Waals surface area contributed by atoms with E-state index in [1.165, 1.54) is 6.07 Å². The van der Waals surface area contributed by atoms with E-state index in [4.69, 9.17) is 15.8 Å². The molecule has 164 valence electrons. The van der Waals surface area contributed by atoms with Gasteiger partial charge in [0.05, 0.1) is 18.6 Å². The number of anilines is 1. The second-order valence-corrected chi connectivity index (χ2v) is 7.40. The number of alkyl halides is 3. The Hall–Kier alpha value is -3.21. The molecule has 0 aliphatic carbocycles. The van der Waals surface area contributed by atoms with E-state index >= 15 is 0 Å². The largest absolute Gasteiger partial charge is 0.493 e. The molecule has 0 bridgehead atoms. The van der Waals surface area contributed by atoms with Crippen molar-refractivity contribution in [3.63, 3.8) is 0 Å². The van der Waals surface area contributed by atoms with Gasteiger partial charge in [-0.15, -0.1) is 0 Å². The van der Waals surface area contributed by atoms with Crippen LogP contribution in [-0.4, -0.2) is 25.4 Å². The third-order valence-electron chi connectivity index (χ3n) is 5.09. The fourth-order valence-corrected chi connectivity index (χ4v) is 3.61. The van der Waals surface area contributed by atoms with Gasteiger partial charge in [-0.25, -0.2) is 4.85 Å². The normalized spacial score (nSPS) is 11.5. The van der Waals surface area contributed by atoms with Crippen LogP contribution in [0, 0.1) is 13.5 Å². The third kappa shape index (κ3) is 4.93. The van der Waals surface area contributed by atoms with Crippen molar-refractivity contribution in [3.8, 4) is 5.75 Å². The number of nitrogens with zero attached hydrogens (tertiary/aromatic N) is 3. The summed E-state index contributed by atoms with van der Waals surface area (Å²) in [5.41, 5.74) is 2.42. The Balaban J connectivity index is 1.68. The van der Waals surface area contributed by atoms with Crippen LogP contribution in [0.4, 0.5) is 24.5 Å². The molecule has 31 heavy (non-hydrogen) atoms. The van der Waals surface area contributed by atoms with Gasteiger partial charge in [0.25, 0.3) is 0 Å². The summed E-state index contributed by atoms with van der Waals surface area (Å²) in [7, 11) is 1.97. The molecule has 0 atom stereocenters. The minimum absolute atomic E-state index is 0.0404. The molecule has 0 saturated heterocycles. The molecular weight excluding hydrogens is 407 g/mol. The molecule has 5 nitrogen and oxygen atoms in total. The minimum Gasteiger partial charge on any atom is -0.493 e. The van der Waals surface area contributed by atoms with Gasteiger partial charge in [0, 0.05) is 24.8 Å². The Morgan fingerprint density at radius 3 is 2.65 bits per heavy atom. The van der Waals surface area contributed by atoms with Crippen molar-refractivity contribution in [2.75, 3.05) is 25.1 Å². The first-order valence-corrected chi connectivity index (χ1v) is 10.1. The van der Waals surface area contributed by atoms with Gasteiger partial charge >= 0.3 is 6.18 Å². The Morgan fingerprint density at radius 2 is 2.00 bits per heavy atom. The van der Waals surface area contributed by atoms with Gasteiger partial charge in [-0.1, -0.05) is 30.6 Å². The van der Waals surface area contributed by atoms with E-state index in [0.29, 0.717) is 36.4 Å². The average molecular weight is 431 g/mol. The van der Waals surface area contributed by atoms with Crippen LogP contribution in [0.3, 0.4) is 0 Å². The molecule has 0 amide bonds. The van der Waals surface area contributed by atoms with Gasteiger partial charge in [-0.3, -0.25) is 0 Å². The smallest absolute Gasteiger partial charge is 0.437 e. The molecule has 0 N–H and O–H groups in total.